The zero-order valence-corrected chi connectivity index (χ0v) is 19.2. The smallest absolute Gasteiger partial charge is 0.0713 e. The Kier molecular flexibility index (Phi) is 7.87. The number of benzene rings is 2. The molecule has 1 fully saturated rings. The Morgan fingerprint density at radius 3 is 2.27 bits per heavy atom. The molecule has 2 heterocycles. The Labute approximate surface area is 187 Å². The van der Waals surface area contributed by atoms with Gasteiger partial charge in [-0.15, -0.1) is 12.4 Å². The first-order valence-electron chi connectivity index (χ1n) is 11.1. The van der Waals surface area contributed by atoms with Crippen LogP contribution >= 0.6 is 12.4 Å². The average Bonchev–Trinajstić information content (AvgIpc) is 2.80. The van der Waals surface area contributed by atoms with Crippen LogP contribution in [0, 0.1) is 0 Å². The fourth-order valence-electron chi connectivity index (χ4n) is 4.88. The number of rotatable bonds is 6. The molecular formula is C26H34ClN3. The molecule has 4 rings (SSSR count). The molecule has 1 atom stereocenters. The van der Waals surface area contributed by atoms with E-state index in [1.807, 2.05) is 0 Å². The van der Waals surface area contributed by atoms with Crippen molar-refractivity contribution in [1.82, 2.24) is 14.8 Å². The van der Waals surface area contributed by atoms with Gasteiger partial charge < -0.3 is 4.90 Å². The molecular weight excluding hydrogens is 390 g/mol. The normalized spacial score (nSPS) is 16.5. The highest BCUT2D eigenvalue weighted by Crippen LogP contribution is 2.33. The van der Waals surface area contributed by atoms with Gasteiger partial charge in [0.15, 0.2) is 0 Å². The minimum Gasteiger partial charge on any atom is -0.301 e. The molecule has 2 aromatic carbocycles. The third-order valence-corrected chi connectivity index (χ3v) is 6.64. The lowest BCUT2D eigenvalue weighted by atomic mass is 9.95. The van der Waals surface area contributed by atoms with E-state index in [4.69, 9.17) is 4.98 Å². The molecule has 0 aliphatic carbocycles. The van der Waals surface area contributed by atoms with E-state index >= 15 is 0 Å². The summed E-state index contributed by atoms with van der Waals surface area (Å²) in [5, 5.41) is 1.28. The van der Waals surface area contributed by atoms with Gasteiger partial charge in [-0.3, -0.25) is 4.90 Å². The number of aromatic nitrogens is 1. The molecule has 0 bridgehead atoms. The van der Waals surface area contributed by atoms with Crippen molar-refractivity contribution < 1.29 is 0 Å². The fraction of sp³-hybridized carbons (Fsp3) is 0.423. The molecule has 0 N–H and O–H groups in total. The second kappa shape index (κ2) is 10.4. The van der Waals surface area contributed by atoms with E-state index in [2.05, 4.69) is 91.2 Å². The summed E-state index contributed by atoms with van der Waals surface area (Å²) in [5.41, 5.74) is 4.75. The minimum absolute atomic E-state index is 0. The van der Waals surface area contributed by atoms with Crippen LogP contribution in [0.25, 0.3) is 22.2 Å². The van der Waals surface area contributed by atoms with Gasteiger partial charge in [0, 0.05) is 36.1 Å². The Morgan fingerprint density at radius 2 is 1.60 bits per heavy atom. The average molecular weight is 424 g/mol. The molecule has 1 aliphatic rings. The number of pyridine rings is 1. The van der Waals surface area contributed by atoms with Crippen LogP contribution in [0.5, 0.6) is 0 Å². The Balaban J connectivity index is 0.00000256. The zero-order valence-electron chi connectivity index (χ0n) is 18.4. The van der Waals surface area contributed by atoms with Crippen LogP contribution in [-0.4, -0.2) is 47.0 Å². The standard InChI is InChI=1S/C26H33N3.ClH/c1-4-28(5-2)22-15-17-29(18-16-22)20(3)24-19-26(21-11-7-6-8-12-21)27-25-14-10-9-13-23(24)25;/h6-14,19-20,22H,4-5,15-18H2,1-3H3;1H. The maximum atomic E-state index is 4.97. The van der Waals surface area contributed by atoms with Crippen molar-refractivity contribution in [3.05, 3.63) is 66.2 Å². The molecule has 3 aromatic rings. The highest BCUT2D eigenvalue weighted by molar-refractivity contribution is 5.86. The fourth-order valence-corrected chi connectivity index (χ4v) is 4.88. The number of nitrogens with zero attached hydrogens (tertiary/aromatic N) is 3. The molecule has 0 spiro atoms. The number of hydrogen-bond donors (Lipinski definition) is 0. The van der Waals surface area contributed by atoms with Gasteiger partial charge in [0.25, 0.3) is 0 Å². The summed E-state index contributed by atoms with van der Waals surface area (Å²) in [5.74, 6) is 0. The van der Waals surface area contributed by atoms with Crippen molar-refractivity contribution in [2.45, 2.75) is 45.7 Å². The molecule has 3 nitrogen and oxygen atoms in total. The van der Waals surface area contributed by atoms with E-state index in [1.165, 1.54) is 42.4 Å². The van der Waals surface area contributed by atoms with Crippen LogP contribution in [0.15, 0.2) is 60.7 Å². The molecule has 0 saturated carbocycles. The van der Waals surface area contributed by atoms with Gasteiger partial charge in [0.1, 0.15) is 0 Å². The van der Waals surface area contributed by atoms with Crippen LogP contribution in [0.3, 0.4) is 0 Å². The van der Waals surface area contributed by atoms with Gasteiger partial charge in [-0.2, -0.15) is 0 Å². The lowest BCUT2D eigenvalue weighted by Gasteiger charge is -2.40. The first kappa shape index (κ1) is 22.7. The number of fused-ring (bicyclic) bond motifs is 1. The topological polar surface area (TPSA) is 19.4 Å². The van der Waals surface area contributed by atoms with Crippen LogP contribution < -0.4 is 0 Å². The van der Waals surface area contributed by atoms with Gasteiger partial charge in [-0.1, -0.05) is 62.4 Å². The van der Waals surface area contributed by atoms with E-state index in [1.54, 1.807) is 0 Å². The number of hydrogen-bond acceptors (Lipinski definition) is 3. The van der Waals surface area contributed by atoms with Crippen molar-refractivity contribution in [1.29, 1.82) is 0 Å². The second-order valence-corrected chi connectivity index (χ2v) is 8.14. The molecule has 160 valence electrons. The minimum atomic E-state index is 0. The highest BCUT2D eigenvalue weighted by Gasteiger charge is 2.27. The van der Waals surface area contributed by atoms with Crippen LogP contribution in [0.1, 0.15) is 45.2 Å². The van der Waals surface area contributed by atoms with Crippen LogP contribution in [0.2, 0.25) is 0 Å². The maximum Gasteiger partial charge on any atom is 0.0713 e. The first-order chi connectivity index (χ1) is 14.2. The molecule has 1 saturated heterocycles. The van der Waals surface area contributed by atoms with E-state index in [0.717, 1.165) is 30.3 Å². The molecule has 1 aromatic heterocycles. The van der Waals surface area contributed by atoms with Crippen molar-refractivity contribution in [3.63, 3.8) is 0 Å². The molecule has 0 radical (unpaired) electrons. The van der Waals surface area contributed by atoms with Gasteiger partial charge in [-0.25, -0.2) is 4.98 Å². The third kappa shape index (κ3) is 4.69. The summed E-state index contributed by atoms with van der Waals surface area (Å²) < 4.78 is 0. The molecule has 1 unspecified atom stereocenters. The predicted octanol–water partition coefficient (Wildman–Crippen LogP) is 6.19. The molecule has 4 heteroatoms. The van der Waals surface area contributed by atoms with E-state index in [9.17, 15) is 0 Å². The molecule has 30 heavy (non-hydrogen) atoms. The van der Waals surface area contributed by atoms with Crippen LogP contribution in [0.4, 0.5) is 0 Å². The van der Waals surface area contributed by atoms with E-state index in [0.29, 0.717) is 6.04 Å². The summed E-state index contributed by atoms with van der Waals surface area (Å²) in [7, 11) is 0. The highest BCUT2D eigenvalue weighted by atomic mass is 35.5. The summed E-state index contributed by atoms with van der Waals surface area (Å²) in [6.45, 7) is 11.6. The van der Waals surface area contributed by atoms with E-state index < -0.39 is 0 Å². The lowest BCUT2D eigenvalue weighted by molar-refractivity contribution is 0.0943. The van der Waals surface area contributed by atoms with E-state index in [-0.39, 0.29) is 12.4 Å². The quantitative estimate of drug-likeness (QED) is 0.471. The predicted molar refractivity (Wildman–Crippen MR) is 130 cm³/mol. The van der Waals surface area contributed by atoms with Crippen molar-refractivity contribution >= 4 is 23.3 Å². The largest absolute Gasteiger partial charge is 0.301 e. The maximum absolute atomic E-state index is 4.97. The second-order valence-electron chi connectivity index (χ2n) is 8.14. The van der Waals surface area contributed by atoms with Gasteiger partial charge >= 0.3 is 0 Å². The summed E-state index contributed by atoms with van der Waals surface area (Å²) in [6, 6.07) is 22.6. The van der Waals surface area contributed by atoms with Crippen molar-refractivity contribution in [2.75, 3.05) is 26.2 Å². The lowest BCUT2D eigenvalue weighted by Crippen LogP contribution is -2.45. The third-order valence-electron chi connectivity index (χ3n) is 6.64. The Hall–Kier alpha value is -1.94. The number of likely N-dealkylation sites (tertiary alicyclic amines) is 1. The molecule has 1 aliphatic heterocycles. The van der Waals surface area contributed by atoms with Crippen molar-refractivity contribution in [2.24, 2.45) is 0 Å². The summed E-state index contributed by atoms with van der Waals surface area (Å²) in [6.07, 6.45) is 2.53. The number of para-hydroxylation sites is 1. The summed E-state index contributed by atoms with van der Waals surface area (Å²) in [4.78, 5) is 10.3. The first-order valence-corrected chi connectivity index (χ1v) is 11.1. The van der Waals surface area contributed by atoms with Crippen molar-refractivity contribution in [3.8, 4) is 11.3 Å². The zero-order chi connectivity index (χ0) is 20.2. The number of piperidine rings is 1. The Morgan fingerprint density at radius 1 is 0.967 bits per heavy atom. The summed E-state index contributed by atoms with van der Waals surface area (Å²) >= 11 is 0. The molecule has 0 amide bonds. The SMILES string of the molecule is CCN(CC)C1CCN(C(C)c2cc(-c3ccccc3)nc3ccccc23)CC1.Cl. The van der Waals surface area contributed by atoms with Crippen LogP contribution in [-0.2, 0) is 0 Å². The Bertz CT molecular complexity index is 931. The van der Waals surface area contributed by atoms with Gasteiger partial charge in [0.05, 0.1) is 11.2 Å². The van der Waals surface area contributed by atoms with Gasteiger partial charge in [-0.05, 0) is 50.6 Å². The monoisotopic (exact) mass is 423 g/mol. The number of halogens is 1. The van der Waals surface area contributed by atoms with Gasteiger partial charge in [0.2, 0.25) is 0 Å².